The second kappa shape index (κ2) is 6.38. The summed E-state index contributed by atoms with van der Waals surface area (Å²) in [4.78, 5) is 4.30. The number of likely N-dealkylation sites (tertiary alicyclic amines) is 1. The van der Waals surface area contributed by atoms with Gasteiger partial charge >= 0.3 is 0 Å². The first-order chi connectivity index (χ1) is 9.36. The minimum atomic E-state index is 0.661. The zero-order valence-electron chi connectivity index (χ0n) is 12.0. The van der Waals surface area contributed by atoms with E-state index in [1.165, 1.54) is 51.6 Å². The summed E-state index contributed by atoms with van der Waals surface area (Å²) in [7, 11) is 0. The minimum absolute atomic E-state index is 0.661. The van der Waals surface area contributed by atoms with Crippen molar-refractivity contribution in [1.82, 2.24) is 10.2 Å². The van der Waals surface area contributed by atoms with Crippen molar-refractivity contribution < 1.29 is 0 Å². The number of hydrogen-bond donors (Lipinski definition) is 1. The van der Waals surface area contributed by atoms with Crippen LogP contribution in [0.2, 0.25) is 0 Å². The lowest BCUT2D eigenvalue weighted by Gasteiger charge is -2.38. The highest BCUT2D eigenvalue weighted by Crippen LogP contribution is 2.32. The molecule has 1 aliphatic heterocycles. The predicted molar refractivity (Wildman–Crippen MR) is 82.7 cm³/mol. The molecular weight excluding hydrogens is 252 g/mol. The second-order valence-electron chi connectivity index (χ2n) is 6.09. The molecule has 3 rings (SSSR count). The zero-order valence-corrected chi connectivity index (χ0v) is 12.8. The van der Waals surface area contributed by atoms with Crippen LogP contribution in [0.25, 0.3) is 0 Å². The van der Waals surface area contributed by atoms with Gasteiger partial charge in [-0.1, -0.05) is 19.4 Å². The van der Waals surface area contributed by atoms with E-state index in [9.17, 15) is 0 Å². The van der Waals surface area contributed by atoms with Gasteiger partial charge in [-0.3, -0.25) is 4.90 Å². The van der Waals surface area contributed by atoms with Crippen molar-refractivity contribution >= 4 is 11.3 Å². The summed E-state index contributed by atoms with van der Waals surface area (Å²) >= 11 is 1.93. The fraction of sp³-hybridized carbons (Fsp3) is 0.750. The van der Waals surface area contributed by atoms with Crippen LogP contribution in [0.5, 0.6) is 0 Å². The van der Waals surface area contributed by atoms with Gasteiger partial charge in [-0.15, -0.1) is 11.3 Å². The lowest BCUT2D eigenvalue weighted by Crippen LogP contribution is -2.47. The van der Waals surface area contributed by atoms with E-state index in [0.717, 1.165) is 12.1 Å². The highest BCUT2D eigenvalue weighted by molar-refractivity contribution is 7.10. The molecule has 2 atom stereocenters. The SMILES string of the molecule is CCCC(c1cccs1)N1CCCC(NC2CC2)C1. The third kappa shape index (κ3) is 3.59. The molecule has 1 N–H and O–H groups in total. The highest BCUT2D eigenvalue weighted by Gasteiger charge is 2.30. The molecule has 2 nitrogen and oxygen atoms in total. The van der Waals surface area contributed by atoms with E-state index >= 15 is 0 Å². The third-order valence-corrected chi connectivity index (χ3v) is 5.35. The standard InChI is InChI=1S/C16H26N2S/c1-2-5-15(16-7-4-11-19-16)18-10-3-6-14(12-18)17-13-8-9-13/h4,7,11,13-15,17H,2-3,5-6,8-10,12H2,1H3. The van der Waals surface area contributed by atoms with E-state index < -0.39 is 0 Å². The Labute approximate surface area is 121 Å². The molecule has 1 saturated carbocycles. The second-order valence-corrected chi connectivity index (χ2v) is 7.07. The summed E-state index contributed by atoms with van der Waals surface area (Å²) in [6.07, 6.45) is 8.11. The van der Waals surface area contributed by atoms with E-state index in [1.54, 1.807) is 4.88 Å². The molecule has 106 valence electrons. The molecule has 0 bridgehead atoms. The van der Waals surface area contributed by atoms with Gasteiger partial charge in [-0.05, 0) is 50.1 Å². The molecule has 0 amide bonds. The van der Waals surface area contributed by atoms with Crippen LogP contribution in [0.1, 0.15) is 56.4 Å². The summed E-state index contributed by atoms with van der Waals surface area (Å²) in [5.41, 5.74) is 0. The molecule has 0 spiro atoms. The Balaban J connectivity index is 1.63. The number of hydrogen-bond acceptors (Lipinski definition) is 3. The summed E-state index contributed by atoms with van der Waals surface area (Å²) in [5, 5.41) is 6.05. The van der Waals surface area contributed by atoms with E-state index in [0.29, 0.717) is 6.04 Å². The van der Waals surface area contributed by atoms with Crippen molar-refractivity contribution in [3.63, 3.8) is 0 Å². The van der Waals surface area contributed by atoms with Crippen molar-refractivity contribution in [2.24, 2.45) is 0 Å². The van der Waals surface area contributed by atoms with Crippen molar-refractivity contribution in [2.75, 3.05) is 13.1 Å². The van der Waals surface area contributed by atoms with Gasteiger partial charge in [0.25, 0.3) is 0 Å². The first-order valence-corrected chi connectivity index (χ1v) is 8.78. The molecule has 2 heterocycles. The van der Waals surface area contributed by atoms with Crippen LogP contribution in [0, 0.1) is 0 Å². The van der Waals surface area contributed by atoms with Gasteiger partial charge in [-0.2, -0.15) is 0 Å². The summed E-state index contributed by atoms with van der Waals surface area (Å²) in [6, 6.07) is 6.76. The van der Waals surface area contributed by atoms with E-state index in [4.69, 9.17) is 0 Å². The van der Waals surface area contributed by atoms with Gasteiger partial charge < -0.3 is 5.32 Å². The van der Waals surface area contributed by atoms with Gasteiger partial charge in [0.15, 0.2) is 0 Å². The first-order valence-electron chi connectivity index (χ1n) is 7.90. The molecule has 1 aliphatic carbocycles. The van der Waals surface area contributed by atoms with E-state index in [-0.39, 0.29) is 0 Å². The number of piperidine rings is 1. The molecule has 2 aliphatic rings. The minimum Gasteiger partial charge on any atom is -0.310 e. The van der Waals surface area contributed by atoms with Crippen molar-refractivity contribution in [1.29, 1.82) is 0 Å². The average molecular weight is 278 g/mol. The Kier molecular flexibility index (Phi) is 4.57. The normalized spacial score (nSPS) is 26.5. The van der Waals surface area contributed by atoms with Crippen molar-refractivity contribution in [2.45, 2.75) is 63.6 Å². The van der Waals surface area contributed by atoms with Gasteiger partial charge in [0.05, 0.1) is 0 Å². The fourth-order valence-corrected chi connectivity index (χ4v) is 4.16. The lowest BCUT2D eigenvalue weighted by molar-refractivity contribution is 0.131. The fourth-order valence-electron chi connectivity index (χ4n) is 3.27. The molecule has 3 heteroatoms. The van der Waals surface area contributed by atoms with Crippen LogP contribution in [-0.4, -0.2) is 30.1 Å². The van der Waals surface area contributed by atoms with Crippen LogP contribution in [0.4, 0.5) is 0 Å². The van der Waals surface area contributed by atoms with Gasteiger partial charge in [-0.25, -0.2) is 0 Å². The summed E-state index contributed by atoms with van der Waals surface area (Å²) < 4.78 is 0. The van der Waals surface area contributed by atoms with E-state index in [2.05, 4.69) is 34.7 Å². The van der Waals surface area contributed by atoms with Gasteiger partial charge in [0.2, 0.25) is 0 Å². The maximum atomic E-state index is 3.83. The number of nitrogens with one attached hydrogen (secondary N) is 1. The van der Waals surface area contributed by atoms with Crippen LogP contribution >= 0.6 is 11.3 Å². The predicted octanol–water partition coefficient (Wildman–Crippen LogP) is 3.81. The van der Waals surface area contributed by atoms with Crippen LogP contribution < -0.4 is 5.32 Å². The maximum absolute atomic E-state index is 3.83. The molecule has 2 fully saturated rings. The highest BCUT2D eigenvalue weighted by atomic mass is 32.1. The Morgan fingerprint density at radius 1 is 1.37 bits per heavy atom. The molecule has 1 aromatic rings. The van der Waals surface area contributed by atoms with Crippen LogP contribution in [-0.2, 0) is 0 Å². The third-order valence-electron chi connectivity index (χ3n) is 4.38. The Hall–Kier alpha value is -0.380. The number of nitrogens with zero attached hydrogens (tertiary/aromatic N) is 1. The topological polar surface area (TPSA) is 15.3 Å². The summed E-state index contributed by atoms with van der Waals surface area (Å²) in [6.45, 7) is 4.84. The molecule has 19 heavy (non-hydrogen) atoms. The molecular formula is C16H26N2S. The number of rotatable bonds is 6. The quantitative estimate of drug-likeness (QED) is 0.851. The van der Waals surface area contributed by atoms with Crippen LogP contribution in [0.15, 0.2) is 17.5 Å². The number of thiophene rings is 1. The van der Waals surface area contributed by atoms with E-state index in [1.807, 2.05) is 11.3 Å². The Morgan fingerprint density at radius 2 is 2.26 bits per heavy atom. The summed E-state index contributed by atoms with van der Waals surface area (Å²) in [5.74, 6) is 0. The average Bonchev–Trinajstić information content (AvgIpc) is 3.07. The van der Waals surface area contributed by atoms with Crippen molar-refractivity contribution in [3.05, 3.63) is 22.4 Å². The molecule has 0 aromatic carbocycles. The van der Waals surface area contributed by atoms with Gasteiger partial charge in [0, 0.05) is 29.5 Å². The van der Waals surface area contributed by atoms with Crippen molar-refractivity contribution in [3.8, 4) is 0 Å². The molecule has 1 aromatic heterocycles. The largest absolute Gasteiger partial charge is 0.310 e. The Morgan fingerprint density at radius 3 is 2.95 bits per heavy atom. The molecule has 1 saturated heterocycles. The smallest absolute Gasteiger partial charge is 0.0442 e. The zero-order chi connectivity index (χ0) is 13.1. The molecule has 0 radical (unpaired) electrons. The first kappa shape index (κ1) is 13.6. The Bertz CT molecular complexity index is 372. The van der Waals surface area contributed by atoms with Crippen LogP contribution in [0.3, 0.4) is 0 Å². The van der Waals surface area contributed by atoms with Gasteiger partial charge in [0.1, 0.15) is 0 Å². The maximum Gasteiger partial charge on any atom is 0.0442 e. The lowest BCUT2D eigenvalue weighted by atomic mass is 10.0. The monoisotopic (exact) mass is 278 g/mol. The molecule has 2 unspecified atom stereocenters.